The molecular formula is C25H23FN2O3S2. The van der Waals surface area contributed by atoms with Crippen LogP contribution >= 0.6 is 23.5 Å². The molecule has 3 aromatic rings. The van der Waals surface area contributed by atoms with Gasteiger partial charge < -0.3 is 4.74 Å². The molecule has 2 aromatic carbocycles. The SMILES string of the molecule is Cc1cc(C(=O)OCCSCc2ccccn2)ccc1N1C(=O)CSC1c1ccc(F)cc1. The van der Waals surface area contributed by atoms with Crippen LogP contribution in [0.15, 0.2) is 66.9 Å². The van der Waals surface area contributed by atoms with E-state index < -0.39 is 0 Å². The van der Waals surface area contributed by atoms with Crippen LogP contribution in [-0.4, -0.2) is 35.0 Å². The van der Waals surface area contributed by atoms with Crippen molar-refractivity contribution in [2.75, 3.05) is 23.0 Å². The number of ether oxygens (including phenoxy) is 1. The number of aromatic nitrogens is 1. The van der Waals surface area contributed by atoms with Crippen LogP contribution < -0.4 is 4.90 Å². The first kappa shape index (κ1) is 23.3. The van der Waals surface area contributed by atoms with Gasteiger partial charge >= 0.3 is 5.97 Å². The lowest BCUT2D eigenvalue weighted by atomic mass is 10.1. The molecule has 1 aromatic heterocycles. The number of anilines is 1. The van der Waals surface area contributed by atoms with Gasteiger partial charge in [0, 0.05) is 23.4 Å². The van der Waals surface area contributed by atoms with Crippen molar-refractivity contribution in [3.63, 3.8) is 0 Å². The molecule has 1 atom stereocenters. The summed E-state index contributed by atoms with van der Waals surface area (Å²) < 4.78 is 18.7. The largest absolute Gasteiger partial charge is 0.461 e. The van der Waals surface area contributed by atoms with E-state index in [2.05, 4.69) is 4.98 Å². The summed E-state index contributed by atoms with van der Waals surface area (Å²) in [6.07, 6.45) is 1.76. The molecule has 1 unspecified atom stereocenters. The lowest BCUT2D eigenvalue weighted by molar-refractivity contribution is -0.115. The topological polar surface area (TPSA) is 59.5 Å². The Labute approximate surface area is 200 Å². The Hall–Kier alpha value is -2.84. The molecule has 1 fully saturated rings. The highest BCUT2D eigenvalue weighted by atomic mass is 32.2. The van der Waals surface area contributed by atoms with E-state index in [1.165, 1.54) is 23.9 Å². The number of pyridine rings is 1. The third kappa shape index (κ3) is 5.75. The molecule has 4 rings (SSSR count). The third-order valence-corrected chi connectivity index (χ3v) is 7.32. The Morgan fingerprint density at radius 3 is 2.76 bits per heavy atom. The number of halogens is 1. The molecule has 170 valence electrons. The van der Waals surface area contributed by atoms with Crippen LogP contribution in [0.25, 0.3) is 0 Å². The zero-order chi connectivity index (χ0) is 23.2. The molecule has 1 amide bonds. The van der Waals surface area contributed by atoms with Gasteiger partial charge in [-0.1, -0.05) is 18.2 Å². The number of hydrogen-bond acceptors (Lipinski definition) is 6. The molecule has 1 aliphatic rings. The van der Waals surface area contributed by atoms with Crippen LogP contribution in [0.2, 0.25) is 0 Å². The Morgan fingerprint density at radius 1 is 1.21 bits per heavy atom. The normalized spacial score (nSPS) is 15.6. The maximum Gasteiger partial charge on any atom is 0.338 e. The fourth-order valence-electron chi connectivity index (χ4n) is 3.55. The lowest BCUT2D eigenvalue weighted by Gasteiger charge is -2.26. The van der Waals surface area contributed by atoms with E-state index >= 15 is 0 Å². The number of rotatable bonds is 8. The van der Waals surface area contributed by atoms with Gasteiger partial charge in [0.15, 0.2) is 0 Å². The second-order valence-electron chi connectivity index (χ2n) is 7.49. The second kappa shape index (κ2) is 10.9. The number of carbonyl (C=O) groups is 2. The van der Waals surface area contributed by atoms with Gasteiger partial charge in [0.05, 0.1) is 17.0 Å². The number of aryl methyl sites for hydroxylation is 1. The van der Waals surface area contributed by atoms with Crippen molar-refractivity contribution >= 4 is 41.1 Å². The summed E-state index contributed by atoms with van der Waals surface area (Å²) in [5.74, 6) is 1.08. The number of esters is 1. The van der Waals surface area contributed by atoms with E-state index in [0.29, 0.717) is 23.7 Å². The highest BCUT2D eigenvalue weighted by molar-refractivity contribution is 8.00. The van der Waals surface area contributed by atoms with Crippen molar-refractivity contribution in [3.05, 3.63) is 95.1 Å². The zero-order valence-corrected chi connectivity index (χ0v) is 19.7. The van der Waals surface area contributed by atoms with Crippen molar-refractivity contribution in [2.24, 2.45) is 0 Å². The molecule has 33 heavy (non-hydrogen) atoms. The number of nitrogens with zero attached hydrogens (tertiary/aromatic N) is 2. The van der Waals surface area contributed by atoms with Crippen molar-refractivity contribution in [2.45, 2.75) is 18.1 Å². The minimum atomic E-state index is -0.389. The summed E-state index contributed by atoms with van der Waals surface area (Å²) in [5, 5.41) is -0.231. The van der Waals surface area contributed by atoms with E-state index in [1.807, 2.05) is 25.1 Å². The molecule has 1 saturated heterocycles. The van der Waals surface area contributed by atoms with E-state index in [1.54, 1.807) is 53.2 Å². The first-order valence-electron chi connectivity index (χ1n) is 10.5. The summed E-state index contributed by atoms with van der Waals surface area (Å²) >= 11 is 3.16. The summed E-state index contributed by atoms with van der Waals surface area (Å²) in [7, 11) is 0. The van der Waals surface area contributed by atoms with E-state index in [4.69, 9.17) is 4.74 Å². The van der Waals surface area contributed by atoms with Gasteiger partial charge in [0.2, 0.25) is 5.91 Å². The van der Waals surface area contributed by atoms with Gasteiger partial charge in [-0.3, -0.25) is 14.7 Å². The fourth-order valence-corrected chi connectivity index (χ4v) is 5.44. The molecule has 0 spiro atoms. The Morgan fingerprint density at radius 2 is 2.03 bits per heavy atom. The molecular weight excluding hydrogens is 459 g/mol. The summed E-state index contributed by atoms with van der Waals surface area (Å²) in [6.45, 7) is 2.18. The van der Waals surface area contributed by atoms with Crippen LogP contribution in [-0.2, 0) is 15.3 Å². The Balaban J connectivity index is 1.37. The summed E-state index contributed by atoms with van der Waals surface area (Å²) in [4.78, 5) is 31.1. The molecule has 0 N–H and O–H groups in total. The van der Waals surface area contributed by atoms with E-state index in [9.17, 15) is 14.0 Å². The van der Waals surface area contributed by atoms with Gasteiger partial charge in [-0.05, 0) is 60.5 Å². The average molecular weight is 483 g/mol. The lowest BCUT2D eigenvalue weighted by Crippen LogP contribution is -2.28. The van der Waals surface area contributed by atoms with Crippen LogP contribution in [0.5, 0.6) is 0 Å². The second-order valence-corrected chi connectivity index (χ2v) is 9.66. The van der Waals surface area contributed by atoms with Crippen LogP contribution in [0.3, 0.4) is 0 Å². The zero-order valence-electron chi connectivity index (χ0n) is 18.1. The number of thioether (sulfide) groups is 2. The number of benzene rings is 2. The van der Waals surface area contributed by atoms with E-state index in [0.717, 1.165) is 28.3 Å². The Kier molecular flexibility index (Phi) is 7.67. The summed E-state index contributed by atoms with van der Waals surface area (Å²) in [5.41, 5.74) is 3.84. The molecule has 0 saturated carbocycles. The van der Waals surface area contributed by atoms with Gasteiger partial charge in [0.25, 0.3) is 0 Å². The summed E-state index contributed by atoms with van der Waals surface area (Å²) in [6, 6.07) is 17.2. The quantitative estimate of drug-likeness (QED) is 0.317. The Bertz CT molecular complexity index is 1130. The van der Waals surface area contributed by atoms with E-state index in [-0.39, 0.29) is 23.1 Å². The monoisotopic (exact) mass is 482 g/mol. The van der Waals surface area contributed by atoms with Crippen molar-refractivity contribution in [1.82, 2.24) is 4.98 Å². The minimum absolute atomic E-state index is 0.0160. The minimum Gasteiger partial charge on any atom is -0.461 e. The van der Waals surface area contributed by atoms with Crippen molar-refractivity contribution in [3.8, 4) is 0 Å². The fraction of sp³-hybridized carbons (Fsp3) is 0.240. The predicted molar refractivity (Wildman–Crippen MR) is 131 cm³/mol. The first-order chi connectivity index (χ1) is 16.0. The first-order valence-corrected chi connectivity index (χ1v) is 12.7. The van der Waals surface area contributed by atoms with Gasteiger partial charge in [-0.2, -0.15) is 11.8 Å². The number of hydrogen-bond donors (Lipinski definition) is 0. The molecule has 8 heteroatoms. The van der Waals surface area contributed by atoms with Crippen LogP contribution in [0.4, 0.5) is 10.1 Å². The molecule has 0 bridgehead atoms. The van der Waals surface area contributed by atoms with Gasteiger partial charge in [-0.15, -0.1) is 11.8 Å². The third-order valence-electron chi connectivity index (χ3n) is 5.15. The molecule has 2 heterocycles. The standard InChI is InChI=1S/C25H23FN2O3S2/c1-17-14-19(25(30)31-12-13-32-15-21-4-2-3-11-27-21)7-10-22(17)28-23(29)16-33-24(28)18-5-8-20(26)9-6-18/h2-11,14,24H,12-13,15-16H2,1H3. The highest BCUT2D eigenvalue weighted by Crippen LogP contribution is 2.42. The van der Waals surface area contributed by atoms with Gasteiger partial charge in [-0.25, -0.2) is 9.18 Å². The maximum atomic E-state index is 13.3. The maximum absolute atomic E-state index is 13.3. The molecule has 1 aliphatic heterocycles. The van der Waals surface area contributed by atoms with Gasteiger partial charge in [0.1, 0.15) is 17.8 Å². The molecule has 0 radical (unpaired) electrons. The van der Waals surface area contributed by atoms with Crippen molar-refractivity contribution < 1.29 is 18.7 Å². The predicted octanol–water partition coefficient (Wildman–Crippen LogP) is 5.40. The smallest absolute Gasteiger partial charge is 0.338 e. The number of amides is 1. The average Bonchev–Trinajstić information content (AvgIpc) is 3.21. The van der Waals surface area contributed by atoms with Crippen molar-refractivity contribution in [1.29, 1.82) is 0 Å². The van der Waals surface area contributed by atoms with Crippen LogP contribution in [0, 0.1) is 12.7 Å². The molecule has 0 aliphatic carbocycles. The highest BCUT2D eigenvalue weighted by Gasteiger charge is 2.35. The van der Waals surface area contributed by atoms with Crippen LogP contribution in [0.1, 0.15) is 32.6 Å². The number of carbonyl (C=O) groups excluding carboxylic acids is 2. The molecule has 5 nitrogen and oxygen atoms in total.